The minimum Gasteiger partial charge on any atom is -0.429 e. The van der Waals surface area contributed by atoms with Gasteiger partial charge in [0.15, 0.2) is 5.75 Å². The number of ether oxygens (including phenoxy) is 1. The van der Waals surface area contributed by atoms with Crippen LogP contribution in [0.15, 0.2) is 10.9 Å². The van der Waals surface area contributed by atoms with Crippen LogP contribution in [0.1, 0.15) is 19.5 Å². The summed E-state index contributed by atoms with van der Waals surface area (Å²) >= 11 is 0. The van der Waals surface area contributed by atoms with Crippen LogP contribution in [-0.4, -0.2) is 26.9 Å². The van der Waals surface area contributed by atoms with Crippen LogP contribution in [0.5, 0.6) is 5.75 Å². The number of rotatable bonds is 5. The molecule has 0 aliphatic rings. The van der Waals surface area contributed by atoms with Gasteiger partial charge >= 0.3 is 12.2 Å². The molecule has 0 spiro atoms. The lowest BCUT2D eigenvalue weighted by Gasteiger charge is -2.11. The third-order valence-corrected chi connectivity index (χ3v) is 2.75. The first kappa shape index (κ1) is 14.0. The van der Waals surface area contributed by atoms with Gasteiger partial charge in [-0.05, 0) is 5.66 Å². The first-order valence-corrected chi connectivity index (χ1v) is 5.92. The molecular weight excluding hydrogens is 253 g/mol. The molecule has 1 aromatic heterocycles. The fraction of sp³-hybridized carbons (Fsp3) is 0.556. The first-order chi connectivity index (χ1) is 7.93. The topological polar surface area (TPSA) is 64.3 Å². The summed E-state index contributed by atoms with van der Waals surface area (Å²) in [5.74, 6) is -0.493. The Labute approximate surface area is 98.2 Å². The molecule has 1 rings (SSSR count). The predicted octanol–water partition coefficient (Wildman–Crippen LogP) is 1.19. The van der Waals surface area contributed by atoms with E-state index in [0.29, 0.717) is 0 Å². The zero-order valence-electron chi connectivity index (χ0n) is 9.35. The highest BCUT2D eigenvalue weighted by Gasteiger charge is 2.14. The number of hydrogen-bond acceptors (Lipinski definition) is 4. The molecule has 1 unspecified atom stereocenters. The molecular formula is C9H13F2N2O3P. The molecule has 0 bridgehead atoms. The van der Waals surface area contributed by atoms with E-state index in [0.717, 1.165) is 10.5 Å². The molecule has 1 aromatic rings. The van der Waals surface area contributed by atoms with Gasteiger partial charge in [-0.25, -0.2) is 4.45 Å². The van der Waals surface area contributed by atoms with Crippen LogP contribution >= 0.6 is 8.73 Å². The number of aliphatic hydroxyl groups excluding tert-OH is 1. The van der Waals surface area contributed by atoms with E-state index in [9.17, 15) is 13.6 Å². The van der Waals surface area contributed by atoms with Gasteiger partial charge in [-0.1, -0.05) is 13.8 Å². The lowest BCUT2D eigenvalue weighted by atomic mass is 10.4. The van der Waals surface area contributed by atoms with E-state index in [1.165, 1.54) is 0 Å². The molecule has 1 heterocycles. The van der Waals surface area contributed by atoms with Crippen molar-refractivity contribution >= 4 is 8.73 Å². The zero-order valence-corrected chi connectivity index (χ0v) is 10.4. The van der Waals surface area contributed by atoms with Crippen molar-refractivity contribution in [3.63, 3.8) is 0 Å². The maximum absolute atomic E-state index is 12.1. The molecule has 0 aliphatic heterocycles. The van der Waals surface area contributed by atoms with Gasteiger partial charge < -0.3 is 9.84 Å². The molecule has 0 amide bonds. The van der Waals surface area contributed by atoms with Crippen molar-refractivity contribution in [2.24, 2.45) is 0 Å². The lowest BCUT2D eigenvalue weighted by molar-refractivity contribution is -0.0511. The van der Waals surface area contributed by atoms with E-state index in [4.69, 9.17) is 5.11 Å². The summed E-state index contributed by atoms with van der Waals surface area (Å²) in [5.41, 5.74) is -0.448. The van der Waals surface area contributed by atoms with E-state index < -0.39 is 24.5 Å². The lowest BCUT2D eigenvalue weighted by Crippen LogP contribution is -2.23. The Morgan fingerprint density at radius 2 is 2.24 bits per heavy atom. The van der Waals surface area contributed by atoms with Gasteiger partial charge in [0, 0.05) is 14.8 Å². The summed E-state index contributed by atoms with van der Waals surface area (Å²) in [7, 11) is 0.00919. The van der Waals surface area contributed by atoms with Crippen LogP contribution in [0.4, 0.5) is 8.78 Å². The average molecular weight is 266 g/mol. The molecule has 0 radical (unpaired) electrons. The number of halogens is 2. The molecule has 8 heteroatoms. The summed E-state index contributed by atoms with van der Waals surface area (Å²) in [4.78, 5) is 11.7. The normalized spacial score (nSPS) is 11.9. The Kier molecular flexibility index (Phi) is 4.96. The van der Waals surface area contributed by atoms with Crippen molar-refractivity contribution in [2.75, 3.05) is 0 Å². The van der Waals surface area contributed by atoms with Crippen molar-refractivity contribution < 1.29 is 18.6 Å². The second kappa shape index (κ2) is 6.02. The maximum Gasteiger partial charge on any atom is 0.387 e. The number of alkyl halides is 2. The number of hydrogen-bond donors (Lipinski definition) is 1. The van der Waals surface area contributed by atoms with E-state index >= 15 is 0 Å². The molecule has 17 heavy (non-hydrogen) atoms. The minimum absolute atomic E-state index is 0.00919. The summed E-state index contributed by atoms with van der Waals surface area (Å²) in [6.07, 6.45) is 0. The van der Waals surface area contributed by atoms with Crippen molar-refractivity contribution in [3.05, 3.63) is 22.1 Å². The van der Waals surface area contributed by atoms with Gasteiger partial charge in [-0.2, -0.15) is 13.9 Å². The van der Waals surface area contributed by atoms with Gasteiger partial charge in [-0.15, -0.1) is 0 Å². The van der Waals surface area contributed by atoms with Gasteiger partial charge in [0.25, 0.3) is 0 Å². The average Bonchev–Trinajstić information content (AvgIpc) is 2.22. The molecule has 0 fully saturated rings. The van der Waals surface area contributed by atoms with Crippen LogP contribution in [0.3, 0.4) is 0 Å². The monoisotopic (exact) mass is 266 g/mol. The highest BCUT2D eigenvalue weighted by atomic mass is 31.1. The van der Waals surface area contributed by atoms with Crippen LogP contribution in [-0.2, 0) is 6.61 Å². The largest absolute Gasteiger partial charge is 0.429 e. The van der Waals surface area contributed by atoms with Crippen LogP contribution in [0.25, 0.3) is 0 Å². The van der Waals surface area contributed by atoms with E-state index in [1.54, 1.807) is 0 Å². The molecule has 0 saturated heterocycles. The summed E-state index contributed by atoms with van der Waals surface area (Å²) in [6, 6.07) is 1.02. The molecule has 1 N–H and O–H groups in total. The van der Waals surface area contributed by atoms with Gasteiger partial charge in [0.05, 0.1) is 12.3 Å². The zero-order chi connectivity index (χ0) is 13.0. The highest BCUT2D eigenvalue weighted by molar-refractivity contribution is 7.36. The van der Waals surface area contributed by atoms with E-state index in [2.05, 4.69) is 9.84 Å². The molecule has 5 nitrogen and oxygen atoms in total. The summed E-state index contributed by atoms with van der Waals surface area (Å²) in [6.45, 7) is 0.215. The third kappa shape index (κ3) is 4.02. The molecule has 0 aromatic carbocycles. The van der Waals surface area contributed by atoms with Crippen molar-refractivity contribution in [1.82, 2.24) is 9.55 Å². The van der Waals surface area contributed by atoms with E-state index in [-0.39, 0.29) is 20.1 Å². The van der Waals surface area contributed by atoms with E-state index in [1.807, 2.05) is 13.8 Å². The van der Waals surface area contributed by atoms with Crippen LogP contribution < -0.4 is 10.3 Å². The Hall–Kier alpha value is -1.07. The fourth-order valence-electron chi connectivity index (χ4n) is 1.11. The van der Waals surface area contributed by atoms with Crippen molar-refractivity contribution in [3.8, 4) is 5.75 Å². The minimum atomic E-state index is -3.08. The number of aliphatic hydroxyl groups is 1. The van der Waals surface area contributed by atoms with Crippen molar-refractivity contribution in [1.29, 1.82) is 0 Å². The SMILES string of the molecule is CC(C)Pn1nc(CO)cc(OC(F)F)c1=O. The Morgan fingerprint density at radius 1 is 1.59 bits per heavy atom. The maximum atomic E-state index is 12.1. The highest BCUT2D eigenvalue weighted by Crippen LogP contribution is 2.19. The van der Waals surface area contributed by atoms with Crippen LogP contribution in [0, 0.1) is 0 Å². The van der Waals surface area contributed by atoms with Gasteiger partial charge in [0.1, 0.15) is 0 Å². The molecule has 96 valence electrons. The fourth-order valence-corrected chi connectivity index (χ4v) is 2.01. The summed E-state index contributed by atoms with van der Waals surface area (Å²) < 4.78 is 29.3. The van der Waals surface area contributed by atoms with Crippen LogP contribution in [0.2, 0.25) is 0 Å². The first-order valence-electron chi connectivity index (χ1n) is 4.89. The van der Waals surface area contributed by atoms with Gasteiger partial charge in [-0.3, -0.25) is 4.79 Å². The summed E-state index contributed by atoms with van der Waals surface area (Å²) in [5, 5.41) is 12.8. The predicted molar refractivity (Wildman–Crippen MR) is 59.9 cm³/mol. The second-order valence-corrected chi connectivity index (χ2v) is 5.37. The quantitative estimate of drug-likeness (QED) is 0.813. The van der Waals surface area contributed by atoms with Crippen molar-refractivity contribution in [2.45, 2.75) is 32.7 Å². The number of nitrogens with zero attached hydrogens (tertiary/aromatic N) is 2. The Morgan fingerprint density at radius 3 is 2.71 bits per heavy atom. The smallest absolute Gasteiger partial charge is 0.387 e. The Balaban J connectivity index is 3.16. The molecule has 0 aliphatic carbocycles. The molecule has 1 atom stereocenters. The Bertz CT molecular complexity index is 402. The number of aromatic nitrogens is 2. The second-order valence-electron chi connectivity index (χ2n) is 3.54. The molecule has 0 saturated carbocycles. The standard InChI is InChI=1S/C9H13F2N2O3P/c1-5(2)17-13-8(15)7(16-9(10)11)3-6(4-14)12-13/h3,5,9,14,17H,4H2,1-2H3. The van der Waals surface area contributed by atoms with Gasteiger partial charge in [0.2, 0.25) is 0 Å². The third-order valence-electron chi connectivity index (χ3n) is 1.69.